The van der Waals surface area contributed by atoms with Crippen LogP contribution >= 0.6 is 15.9 Å². The van der Waals surface area contributed by atoms with Crippen LogP contribution in [-0.2, 0) is 12.0 Å². The van der Waals surface area contributed by atoms with Gasteiger partial charge in [0, 0.05) is 16.4 Å². The van der Waals surface area contributed by atoms with Gasteiger partial charge in [-0.25, -0.2) is 4.98 Å². The maximum Gasteiger partial charge on any atom is 0.291 e. The fourth-order valence-corrected chi connectivity index (χ4v) is 1.83. The molecule has 1 amide bonds. The van der Waals surface area contributed by atoms with Gasteiger partial charge in [-0.1, -0.05) is 48.8 Å². The third-order valence-corrected chi connectivity index (χ3v) is 3.29. The molecule has 20 heavy (non-hydrogen) atoms. The Morgan fingerprint density at radius 1 is 1.30 bits per heavy atom. The van der Waals surface area contributed by atoms with E-state index < -0.39 is 0 Å². The first-order chi connectivity index (χ1) is 9.36. The quantitative estimate of drug-likeness (QED) is 0.905. The summed E-state index contributed by atoms with van der Waals surface area (Å²) >= 11 is 3.37. The number of H-pyrrole nitrogens is 1. The minimum atomic E-state index is -0.278. The van der Waals surface area contributed by atoms with Gasteiger partial charge >= 0.3 is 0 Å². The lowest BCUT2D eigenvalue weighted by molar-refractivity contribution is 0.0941. The average molecular weight is 337 g/mol. The molecule has 1 heterocycles. The topological polar surface area (TPSA) is 70.7 Å². The number of benzene rings is 1. The van der Waals surface area contributed by atoms with Crippen LogP contribution in [-0.4, -0.2) is 21.1 Å². The molecule has 0 aliphatic carbocycles. The summed E-state index contributed by atoms with van der Waals surface area (Å²) in [5, 5.41) is 9.56. The molecular formula is C14H17BrN4O. The zero-order valence-corrected chi connectivity index (χ0v) is 13.3. The average Bonchev–Trinajstić information content (AvgIpc) is 2.87. The van der Waals surface area contributed by atoms with Crippen molar-refractivity contribution in [1.29, 1.82) is 0 Å². The molecule has 0 aliphatic rings. The van der Waals surface area contributed by atoms with Crippen LogP contribution < -0.4 is 5.32 Å². The third-order valence-electron chi connectivity index (χ3n) is 2.77. The van der Waals surface area contributed by atoms with Gasteiger partial charge in [-0.3, -0.25) is 9.89 Å². The number of amides is 1. The number of carbonyl (C=O) groups is 1. The number of nitrogens with zero attached hydrogens (tertiary/aromatic N) is 2. The van der Waals surface area contributed by atoms with E-state index in [2.05, 4.69) is 36.4 Å². The van der Waals surface area contributed by atoms with E-state index in [4.69, 9.17) is 0 Å². The van der Waals surface area contributed by atoms with Gasteiger partial charge in [0.05, 0.1) is 0 Å². The standard InChI is InChI=1S/C14H17BrN4O/c1-14(2,3)13-17-11(18-19-13)12(20)16-8-9-4-6-10(15)7-5-9/h4-7H,8H2,1-3H3,(H,16,20)(H,17,18,19). The van der Waals surface area contributed by atoms with Gasteiger partial charge in [0.1, 0.15) is 5.82 Å². The lowest BCUT2D eigenvalue weighted by Gasteiger charge is -2.12. The van der Waals surface area contributed by atoms with Crippen LogP contribution in [0.5, 0.6) is 0 Å². The van der Waals surface area contributed by atoms with Crippen LogP contribution in [0.15, 0.2) is 28.7 Å². The van der Waals surface area contributed by atoms with Gasteiger partial charge in [0.15, 0.2) is 0 Å². The van der Waals surface area contributed by atoms with Gasteiger partial charge < -0.3 is 5.32 Å². The monoisotopic (exact) mass is 336 g/mol. The second-order valence-electron chi connectivity index (χ2n) is 5.57. The summed E-state index contributed by atoms with van der Waals surface area (Å²) in [4.78, 5) is 16.2. The van der Waals surface area contributed by atoms with Gasteiger partial charge in [0.25, 0.3) is 5.91 Å². The Hall–Kier alpha value is -1.69. The summed E-state index contributed by atoms with van der Waals surface area (Å²) in [6.07, 6.45) is 0. The van der Waals surface area contributed by atoms with E-state index in [0.717, 1.165) is 10.0 Å². The molecule has 0 aliphatic heterocycles. The second-order valence-corrected chi connectivity index (χ2v) is 6.48. The first kappa shape index (κ1) is 14.7. The Balaban J connectivity index is 1.98. The predicted molar refractivity (Wildman–Crippen MR) is 80.4 cm³/mol. The summed E-state index contributed by atoms with van der Waals surface area (Å²) in [6, 6.07) is 7.77. The van der Waals surface area contributed by atoms with Gasteiger partial charge in [-0.15, -0.1) is 5.10 Å². The van der Waals surface area contributed by atoms with Crippen molar-refractivity contribution < 1.29 is 4.79 Å². The van der Waals surface area contributed by atoms with E-state index in [-0.39, 0.29) is 17.1 Å². The number of hydrogen-bond acceptors (Lipinski definition) is 3. The molecule has 1 aromatic heterocycles. The molecule has 2 rings (SSSR count). The Morgan fingerprint density at radius 2 is 1.95 bits per heavy atom. The molecule has 5 nitrogen and oxygen atoms in total. The maximum absolute atomic E-state index is 12.0. The van der Waals surface area contributed by atoms with Crippen molar-refractivity contribution in [3.63, 3.8) is 0 Å². The highest BCUT2D eigenvalue weighted by Crippen LogP contribution is 2.17. The van der Waals surface area contributed by atoms with Crippen LogP contribution in [0.25, 0.3) is 0 Å². The van der Waals surface area contributed by atoms with Crippen molar-refractivity contribution in [1.82, 2.24) is 20.5 Å². The van der Waals surface area contributed by atoms with Crippen LogP contribution in [0, 0.1) is 0 Å². The summed E-state index contributed by atoms with van der Waals surface area (Å²) < 4.78 is 1.01. The Bertz CT molecular complexity index is 598. The minimum absolute atomic E-state index is 0.156. The van der Waals surface area contributed by atoms with E-state index in [9.17, 15) is 4.79 Å². The van der Waals surface area contributed by atoms with Gasteiger partial charge in [-0.05, 0) is 17.7 Å². The lowest BCUT2D eigenvalue weighted by atomic mass is 9.96. The Morgan fingerprint density at radius 3 is 2.50 bits per heavy atom. The second kappa shape index (κ2) is 5.75. The molecule has 0 saturated carbocycles. The number of aromatic amines is 1. The molecule has 0 radical (unpaired) electrons. The summed E-state index contributed by atoms with van der Waals surface area (Å²) in [5.74, 6) is 0.595. The van der Waals surface area contributed by atoms with Crippen molar-refractivity contribution in [2.24, 2.45) is 0 Å². The molecule has 6 heteroatoms. The van der Waals surface area contributed by atoms with E-state index in [0.29, 0.717) is 12.4 Å². The number of halogens is 1. The third kappa shape index (κ3) is 3.66. The molecule has 0 unspecified atom stereocenters. The number of aromatic nitrogens is 3. The fourth-order valence-electron chi connectivity index (χ4n) is 1.56. The zero-order valence-electron chi connectivity index (χ0n) is 11.7. The molecule has 2 N–H and O–H groups in total. The zero-order chi connectivity index (χ0) is 14.8. The number of hydrogen-bond donors (Lipinski definition) is 2. The van der Waals surface area contributed by atoms with Crippen molar-refractivity contribution in [2.45, 2.75) is 32.7 Å². The van der Waals surface area contributed by atoms with Crippen molar-refractivity contribution >= 4 is 21.8 Å². The molecule has 0 saturated heterocycles. The van der Waals surface area contributed by atoms with Crippen molar-refractivity contribution in [3.8, 4) is 0 Å². The molecular weight excluding hydrogens is 320 g/mol. The van der Waals surface area contributed by atoms with E-state index in [1.807, 2.05) is 45.0 Å². The number of carbonyl (C=O) groups excluding carboxylic acids is 1. The highest BCUT2D eigenvalue weighted by Gasteiger charge is 2.21. The molecule has 0 spiro atoms. The number of rotatable bonds is 3. The molecule has 106 valence electrons. The molecule has 0 fully saturated rings. The van der Waals surface area contributed by atoms with Crippen LogP contribution in [0.2, 0.25) is 0 Å². The fraction of sp³-hybridized carbons (Fsp3) is 0.357. The van der Waals surface area contributed by atoms with E-state index in [1.165, 1.54) is 0 Å². The van der Waals surface area contributed by atoms with E-state index in [1.54, 1.807) is 0 Å². The first-order valence-corrected chi connectivity index (χ1v) is 7.11. The summed E-state index contributed by atoms with van der Waals surface area (Å²) in [7, 11) is 0. The van der Waals surface area contributed by atoms with Gasteiger partial charge in [0.2, 0.25) is 5.82 Å². The molecule has 1 aromatic carbocycles. The van der Waals surface area contributed by atoms with E-state index >= 15 is 0 Å². The van der Waals surface area contributed by atoms with Crippen LogP contribution in [0.4, 0.5) is 0 Å². The van der Waals surface area contributed by atoms with Crippen LogP contribution in [0.1, 0.15) is 42.8 Å². The van der Waals surface area contributed by atoms with Crippen LogP contribution in [0.3, 0.4) is 0 Å². The van der Waals surface area contributed by atoms with Crippen molar-refractivity contribution in [3.05, 3.63) is 46.0 Å². The van der Waals surface area contributed by atoms with Gasteiger partial charge in [-0.2, -0.15) is 0 Å². The normalized spacial score (nSPS) is 11.4. The minimum Gasteiger partial charge on any atom is -0.345 e. The number of nitrogens with one attached hydrogen (secondary N) is 2. The maximum atomic E-state index is 12.0. The highest BCUT2D eigenvalue weighted by molar-refractivity contribution is 9.10. The first-order valence-electron chi connectivity index (χ1n) is 6.32. The largest absolute Gasteiger partial charge is 0.345 e. The smallest absolute Gasteiger partial charge is 0.291 e. The Labute approximate surface area is 126 Å². The lowest BCUT2D eigenvalue weighted by Crippen LogP contribution is -2.24. The molecule has 0 bridgehead atoms. The Kier molecular flexibility index (Phi) is 4.23. The predicted octanol–water partition coefficient (Wildman–Crippen LogP) is 2.79. The molecule has 2 aromatic rings. The molecule has 0 atom stereocenters. The summed E-state index contributed by atoms with van der Waals surface area (Å²) in [5.41, 5.74) is 0.866. The highest BCUT2D eigenvalue weighted by atomic mass is 79.9. The van der Waals surface area contributed by atoms with Crippen molar-refractivity contribution in [2.75, 3.05) is 0 Å². The summed E-state index contributed by atoms with van der Waals surface area (Å²) in [6.45, 7) is 6.48. The SMILES string of the molecule is CC(C)(C)c1nc(C(=O)NCc2ccc(Br)cc2)n[nH]1.